The molecule has 0 aliphatic carbocycles. The SMILES string of the molecule is C=CCC[C@@H](OCc1ccccc1)C(=O)O[C@@H](CCC)[C@H]1OC(C)(C)O[C@H]1C=C. The molecule has 1 saturated heterocycles. The molecule has 29 heavy (non-hydrogen) atoms. The summed E-state index contributed by atoms with van der Waals surface area (Å²) in [6, 6.07) is 9.78. The van der Waals surface area contributed by atoms with Crippen LogP contribution in [0.2, 0.25) is 0 Å². The summed E-state index contributed by atoms with van der Waals surface area (Å²) in [6.07, 6.45) is 4.39. The molecular weight excluding hydrogens is 368 g/mol. The first-order chi connectivity index (χ1) is 13.9. The van der Waals surface area contributed by atoms with Gasteiger partial charge in [0.1, 0.15) is 18.3 Å². The number of hydrogen-bond donors (Lipinski definition) is 0. The van der Waals surface area contributed by atoms with Gasteiger partial charge in [-0.25, -0.2) is 4.79 Å². The molecule has 2 rings (SSSR count). The van der Waals surface area contributed by atoms with Gasteiger partial charge in [0.25, 0.3) is 0 Å². The van der Waals surface area contributed by atoms with Gasteiger partial charge in [-0.1, -0.05) is 55.8 Å². The van der Waals surface area contributed by atoms with Crippen LogP contribution < -0.4 is 0 Å². The lowest BCUT2D eigenvalue weighted by atomic mass is 10.0. The van der Waals surface area contributed by atoms with Crippen molar-refractivity contribution in [1.82, 2.24) is 0 Å². The fourth-order valence-corrected chi connectivity index (χ4v) is 3.40. The van der Waals surface area contributed by atoms with Crippen molar-refractivity contribution in [2.45, 2.75) is 83.3 Å². The average Bonchev–Trinajstić information content (AvgIpc) is 3.03. The highest BCUT2D eigenvalue weighted by Gasteiger charge is 2.45. The third-order valence-electron chi connectivity index (χ3n) is 4.79. The molecular formula is C24H34O5. The van der Waals surface area contributed by atoms with Crippen LogP contribution in [0.25, 0.3) is 0 Å². The van der Waals surface area contributed by atoms with E-state index >= 15 is 0 Å². The van der Waals surface area contributed by atoms with Gasteiger partial charge >= 0.3 is 5.97 Å². The Morgan fingerprint density at radius 3 is 2.55 bits per heavy atom. The quantitative estimate of drug-likeness (QED) is 0.365. The van der Waals surface area contributed by atoms with Crippen LogP contribution in [0.5, 0.6) is 0 Å². The van der Waals surface area contributed by atoms with Crippen LogP contribution >= 0.6 is 0 Å². The number of ether oxygens (including phenoxy) is 4. The molecule has 0 aromatic heterocycles. The molecule has 0 spiro atoms. The molecule has 1 aromatic carbocycles. The Morgan fingerprint density at radius 1 is 1.21 bits per heavy atom. The summed E-state index contributed by atoms with van der Waals surface area (Å²) < 4.78 is 23.7. The third kappa shape index (κ3) is 7.11. The van der Waals surface area contributed by atoms with E-state index in [0.29, 0.717) is 25.9 Å². The molecule has 0 amide bonds. The van der Waals surface area contributed by atoms with E-state index in [1.54, 1.807) is 12.2 Å². The van der Waals surface area contributed by atoms with Gasteiger partial charge in [-0.2, -0.15) is 0 Å². The Hall–Kier alpha value is -1.95. The number of hydrogen-bond acceptors (Lipinski definition) is 5. The molecule has 5 heteroatoms. The molecule has 0 saturated carbocycles. The van der Waals surface area contributed by atoms with E-state index in [4.69, 9.17) is 18.9 Å². The Balaban J connectivity index is 2.06. The van der Waals surface area contributed by atoms with Crippen molar-refractivity contribution < 1.29 is 23.7 Å². The topological polar surface area (TPSA) is 54.0 Å². The summed E-state index contributed by atoms with van der Waals surface area (Å²) in [4.78, 5) is 13.0. The van der Waals surface area contributed by atoms with Crippen molar-refractivity contribution in [2.24, 2.45) is 0 Å². The molecule has 0 bridgehead atoms. The predicted molar refractivity (Wildman–Crippen MR) is 113 cm³/mol. The van der Waals surface area contributed by atoms with Crippen LogP contribution in [0.3, 0.4) is 0 Å². The van der Waals surface area contributed by atoms with Crippen LogP contribution in [0.1, 0.15) is 52.0 Å². The Bertz CT molecular complexity index is 654. The zero-order valence-electron chi connectivity index (χ0n) is 17.8. The number of carbonyl (C=O) groups is 1. The first-order valence-corrected chi connectivity index (χ1v) is 10.3. The molecule has 1 heterocycles. The maximum atomic E-state index is 13.0. The lowest BCUT2D eigenvalue weighted by Gasteiger charge is -2.27. The van der Waals surface area contributed by atoms with Crippen LogP contribution in [-0.2, 0) is 30.3 Å². The van der Waals surface area contributed by atoms with Gasteiger partial charge in [-0.3, -0.25) is 0 Å². The molecule has 4 atom stereocenters. The number of benzene rings is 1. The highest BCUT2D eigenvalue weighted by molar-refractivity contribution is 5.75. The first-order valence-electron chi connectivity index (χ1n) is 10.3. The van der Waals surface area contributed by atoms with E-state index in [9.17, 15) is 4.79 Å². The smallest absolute Gasteiger partial charge is 0.335 e. The van der Waals surface area contributed by atoms with Crippen LogP contribution in [0.15, 0.2) is 55.6 Å². The highest BCUT2D eigenvalue weighted by atomic mass is 16.8. The zero-order valence-corrected chi connectivity index (χ0v) is 17.8. The zero-order chi connectivity index (χ0) is 21.3. The Morgan fingerprint density at radius 2 is 1.93 bits per heavy atom. The van der Waals surface area contributed by atoms with E-state index in [1.165, 1.54) is 0 Å². The largest absolute Gasteiger partial charge is 0.458 e. The maximum absolute atomic E-state index is 13.0. The van der Waals surface area contributed by atoms with Crippen molar-refractivity contribution in [1.29, 1.82) is 0 Å². The van der Waals surface area contributed by atoms with E-state index in [1.807, 2.05) is 51.1 Å². The molecule has 0 radical (unpaired) electrons. The van der Waals surface area contributed by atoms with E-state index in [0.717, 1.165) is 12.0 Å². The first kappa shape index (κ1) is 23.3. The fourth-order valence-electron chi connectivity index (χ4n) is 3.40. The second kappa shape index (κ2) is 11.3. The third-order valence-corrected chi connectivity index (χ3v) is 4.79. The Labute approximate surface area is 174 Å². The summed E-state index contributed by atoms with van der Waals surface area (Å²) in [7, 11) is 0. The van der Waals surface area contributed by atoms with Crippen LogP contribution in [-0.4, -0.2) is 36.2 Å². The molecule has 1 aliphatic rings. The fraction of sp³-hybridized carbons (Fsp3) is 0.542. The van der Waals surface area contributed by atoms with Crippen LogP contribution in [0, 0.1) is 0 Å². The minimum Gasteiger partial charge on any atom is -0.458 e. The normalized spacial score (nSPS) is 22.6. The second-order valence-electron chi connectivity index (χ2n) is 7.72. The monoisotopic (exact) mass is 402 g/mol. The van der Waals surface area contributed by atoms with E-state index < -0.39 is 18.0 Å². The van der Waals surface area contributed by atoms with Gasteiger partial charge < -0.3 is 18.9 Å². The summed E-state index contributed by atoms with van der Waals surface area (Å²) >= 11 is 0. The summed E-state index contributed by atoms with van der Waals surface area (Å²) in [5.41, 5.74) is 1.01. The predicted octanol–water partition coefficient (Wildman–Crippen LogP) is 4.96. The van der Waals surface area contributed by atoms with Gasteiger partial charge in [-0.05, 0) is 38.7 Å². The average molecular weight is 403 g/mol. The van der Waals surface area contributed by atoms with Gasteiger partial charge in [0.05, 0.1) is 6.61 Å². The summed E-state index contributed by atoms with van der Waals surface area (Å²) in [6.45, 7) is 13.7. The van der Waals surface area contributed by atoms with E-state index in [-0.39, 0.29) is 18.2 Å². The van der Waals surface area contributed by atoms with Crippen molar-refractivity contribution in [2.75, 3.05) is 0 Å². The number of carbonyl (C=O) groups excluding carboxylic acids is 1. The van der Waals surface area contributed by atoms with Crippen LogP contribution in [0.4, 0.5) is 0 Å². The highest BCUT2D eigenvalue weighted by Crippen LogP contribution is 2.33. The summed E-state index contributed by atoms with van der Waals surface area (Å²) in [5, 5.41) is 0. The minimum absolute atomic E-state index is 0.328. The van der Waals surface area contributed by atoms with E-state index in [2.05, 4.69) is 13.2 Å². The molecule has 0 N–H and O–H groups in total. The van der Waals surface area contributed by atoms with Gasteiger partial charge in [0, 0.05) is 0 Å². The van der Waals surface area contributed by atoms with Gasteiger partial charge in [0.2, 0.25) is 0 Å². The lowest BCUT2D eigenvalue weighted by Crippen LogP contribution is -2.40. The maximum Gasteiger partial charge on any atom is 0.335 e. The Kier molecular flexibility index (Phi) is 9.08. The van der Waals surface area contributed by atoms with Crippen molar-refractivity contribution in [3.63, 3.8) is 0 Å². The van der Waals surface area contributed by atoms with Gasteiger partial charge in [0.15, 0.2) is 11.9 Å². The molecule has 5 nitrogen and oxygen atoms in total. The van der Waals surface area contributed by atoms with Crippen molar-refractivity contribution >= 4 is 5.97 Å². The molecule has 0 unspecified atom stereocenters. The number of esters is 1. The van der Waals surface area contributed by atoms with Gasteiger partial charge in [-0.15, -0.1) is 13.2 Å². The number of rotatable bonds is 12. The molecule has 1 fully saturated rings. The standard InChI is InChI=1S/C24H34O5/c1-6-9-16-21(26-17-18-14-11-10-12-15-18)23(25)27-20(13-7-2)22-19(8-3)28-24(4,5)29-22/h6,8,10-12,14-15,19-22H,1,3,7,9,13,16-17H2,2,4-5H3/t19-,20-,21+,22-/m0/s1. The minimum atomic E-state index is -0.742. The second-order valence-corrected chi connectivity index (χ2v) is 7.72. The van der Waals surface area contributed by atoms with Crippen molar-refractivity contribution in [3.05, 3.63) is 61.2 Å². The summed E-state index contributed by atoms with van der Waals surface area (Å²) in [5.74, 6) is -1.12. The molecule has 160 valence electrons. The lowest BCUT2D eigenvalue weighted by molar-refractivity contribution is -0.181. The molecule has 1 aliphatic heterocycles. The number of allylic oxidation sites excluding steroid dienone is 1. The van der Waals surface area contributed by atoms with Crippen molar-refractivity contribution in [3.8, 4) is 0 Å². The molecule has 1 aromatic rings.